The van der Waals surface area contributed by atoms with Gasteiger partial charge in [0, 0.05) is 6.54 Å². The summed E-state index contributed by atoms with van der Waals surface area (Å²) in [6.45, 7) is 13.3. The highest BCUT2D eigenvalue weighted by Gasteiger charge is 1.75. The summed E-state index contributed by atoms with van der Waals surface area (Å²) in [5.41, 5.74) is 0. The summed E-state index contributed by atoms with van der Waals surface area (Å²) in [7, 11) is 0. The fourth-order valence-corrected chi connectivity index (χ4v) is 0.753. The largest absolute Gasteiger partial charge is 0.391 e. The fourth-order valence-electron chi connectivity index (χ4n) is 0.753. The van der Waals surface area contributed by atoms with Crippen LogP contribution in [0.3, 0.4) is 0 Å². The smallest absolute Gasteiger partial charge is 0.0138 e. The average molecular weight is 213 g/mol. The van der Waals surface area contributed by atoms with Crippen molar-refractivity contribution in [3.63, 3.8) is 0 Å². The van der Waals surface area contributed by atoms with E-state index in [0.29, 0.717) is 0 Å². The SMILES string of the molecule is C/C=C/CC/C=C/NCCC.CC.CC. The molecule has 0 saturated carbocycles. The second-order valence-corrected chi connectivity index (χ2v) is 2.50. The maximum atomic E-state index is 3.21. The van der Waals surface area contributed by atoms with E-state index in [2.05, 4.69) is 37.4 Å². The van der Waals surface area contributed by atoms with E-state index in [1.54, 1.807) is 0 Å². The van der Waals surface area contributed by atoms with Crippen molar-refractivity contribution in [2.45, 2.75) is 60.8 Å². The first-order valence-corrected chi connectivity index (χ1v) is 6.41. The van der Waals surface area contributed by atoms with E-state index in [1.807, 2.05) is 33.9 Å². The third-order valence-corrected chi connectivity index (χ3v) is 1.37. The van der Waals surface area contributed by atoms with Crippen molar-refractivity contribution < 1.29 is 0 Å². The lowest BCUT2D eigenvalue weighted by Gasteiger charge is -1.93. The van der Waals surface area contributed by atoms with Crippen LogP contribution in [-0.4, -0.2) is 6.54 Å². The van der Waals surface area contributed by atoms with E-state index in [1.165, 1.54) is 6.42 Å². The molecule has 0 heterocycles. The summed E-state index contributed by atoms with van der Waals surface area (Å²) in [5.74, 6) is 0. The molecular formula is C14H31N. The Labute approximate surface area is 97.7 Å². The summed E-state index contributed by atoms with van der Waals surface area (Å²) in [4.78, 5) is 0. The zero-order valence-electron chi connectivity index (χ0n) is 11.6. The molecule has 0 aliphatic heterocycles. The van der Waals surface area contributed by atoms with Crippen LogP contribution in [-0.2, 0) is 0 Å². The van der Waals surface area contributed by atoms with Gasteiger partial charge in [0.25, 0.3) is 0 Å². The van der Waals surface area contributed by atoms with Gasteiger partial charge in [-0.2, -0.15) is 0 Å². The molecule has 0 aliphatic carbocycles. The molecule has 0 aromatic carbocycles. The second-order valence-electron chi connectivity index (χ2n) is 2.50. The Kier molecular flexibility index (Phi) is 38.5. The highest BCUT2D eigenvalue weighted by Crippen LogP contribution is 1.90. The van der Waals surface area contributed by atoms with Crippen LogP contribution >= 0.6 is 0 Å². The third-order valence-electron chi connectivity index (χ3n) is 1.37. The van der Waals surface area contributed by atoms with E-state index < -0.39 is 0 Å². The fraction of sp³-hybridized carbons (Fsp3) is 0.714. The Morgan fingerprint density at radius 1 is 0.933 bits per heavy atom. The molecule has 0 saturated heterocycles. The minimum absolute atomic E-state index is 1.08. The Hall–Kier alpha value is -0.720. The van der Waals surface area contributed by atoms with Crippen LogP contribution in [0.4, 0.5) is 0 Å². The van der Waals surface area contributed by atoms with E-state index in [4.69, 9.17) is 0 Å². The van der Waals surface area contributed by atoms with E-state index in [-0.39, 0.29) is 0 Å². The number of hydrogen-bond acceptors (Lipinski definition) is 1. The van der Waals surface area contributed by atoms with Gasteiger partial charge in [0.1, 0.15) is 0 Å². The molecule has 0 bridgehead atoms. The van der Waals surface area contributed by atoms with Crippen LogP contribution in [0, 0.1) is 0 Å². The zero-order valence-corrected chi connectivity index (χ0v) is 11.6. The molecule has 1 nitrogen and oxygen atoms in total. The van der Waals surface area contributed by atoms with Crippen LogP contribution in [0.15, 0.2) is 24.4 Å². The number of hydrogen-bond donors (Lipinski definition) is 1. The molecule has 0 aromatic heterocycles. The average Bonchev–Trinajstić information content (AvgIpc) is 2.33. The van der Waals surface area contributed by atoms with Crippen molar-refractivity contribution >= 4 is 0 Å². The Morgan fingerprint density at radius 3 is 1.93 bits per heavy atom. The molecule has 0 radical (unpaired) electrons. The molecule has 1 N–H and O–H groups in total. The van der Waals surface area contributed by atoms with Crippen LogP contribution in [0.2, 0.25) is 0 Å². The van der Waals surface area contributed by atoms with Gasteiger partial charge in [-0.3, -0.25) is 0 Å². The Bertz CT molecular complexity index is 115. The van der Waals surface area contributed by atoms with Gasteiger partial charge in [-0.05, 0) is 32.4 Å². The van der Waals surface area contributed by atoms with Crippen LogP contribution in [0.5, 0.6) is 0 Å². The monoisotopic (exact) mass is 213 g/mol. The molecule has 0 spiro atoms. The van der Waals surface area contributed by atoms with Gasteiger partial charge in [-0.25, -0.2) is 0 Å². The third kappa shape index (κ3) is 31.9. The number of nitrogens with one attached hydrogen (secondary N) is 1. The first kappa shape index (κ1) is 19.8. The lowest BCUT2D eigenvalue weighted by atomic mass is 10.3. The second kappa shape index (κ2) is 29.2. The summed E-state index contributed by atoms with van der Waals surface area (Å²) < 4.78 is 0. The molecule has 0 fully saturated rings. The van der Waals surface area contributed by atoms with Gasteiger partial charge in [-0.1, -0.05) is 52.8 Å². The highest BCUT2D eigenvalue weighted by molar-refractivity contribution is 4.85. The van der Waals surface area contributed by atoms with Gasteiger partial charge in [0.2, 0.25) is 0 Å². The molecule has 0 rings (SSSR count). The maximum Gasteiger partial charge on any atom is 0.0138 e. The summed E-state index contributed by atoms with van der Waals surface area (Å²) >= 11 is 0. The van der Waals surface area contributed by atoms with Crippen molar-refractivity contribution in [1.82, 2.24) is 5.32 Å². The topological polar surface area (TPSA) is 12.0 Å². The minimum Gasteiger partial charge on any atom is -0.391 e. The first-order chi connectivity index (χ1) is 7.41. The molecule has 0 unspecified atom stereocenters. The van der Waals surface area contributed by atoms with Crippen molar-refractivity contribution in [3.05, 3.63) is 24.4 Å². The van der Waals surface area contributed by atoms with Crippen LogP contribution < -0.4 is 5.32 Å². The molecular weight excluding hydrogens is 182 g/mol. The predicted octanol–water partition coefficient (Wildman–Crippen LogP) is 4.91. The normalized spacial score (nSPS) is 9.20. The Balaban J connectivity index is -0.000000318. The van der Waals surface area contributed by atoms with Crippen molar-refractivity contribution in [1.29, 1.82) is 0 Å². The number of rotatable bonds is 6. The molecule has 0 amide bonds. The van der Waals surface area contributed by atoms with Gasteiger partial charge in [0.05, 0.1) is 0 Å². The summed E-state index contributed by atoms with van der Waals surface area (Å²) in [6, 6.07) is 0. The molecule has 92 valence electrons. The maximum absolute atomic E-state index is 3.21. The van der Waals surface area contributed by atoms with E-state index in [0.717, 1.165) is 19.4 Å². The van der Waals surface area contributed by atoms with E-state index in [9.17, 15) is 0 Å². The van der Waals surface area contributed by atoms with Crippen LogP contribution in [0.25, 0.3) is 0 Å². The molecule has 1 heteroatoms. The van der Waals surface area contributed by atoms with Gasteiger partial charge in [-0.15, -0.1) is 0 Å². The van der Waals surface area contributed by atoms with Crippen molar-refractivity contribution in [2.24, 2.45) is 0 Å². The van der Waals surface area contributed by atoms with Crippen LogP contribution in [0.1, 0.15) is 60.8 Å². The van der Waals surface area contributed by atoms with Gasteiger partial charge < -0.3 is 5.32 Å². The number of unbranched alkanes of at least 4 members (excludes halogenated alkanes) is 1. The number of allylic oxidation sites excluding steroid dienone is 3. The Morgan fingerprint density at radius 2 is 1.47 bits per heavy atom. The zero-order chi connectivity index (χ0) is 12.4. The standard InChI is InChI=1S/C10H19N.2C2H6/c1-3-5-6-7-8-10-11-9-4-2;2*1-2/h3,5,8,10-11H,4,6-7,9H2,1-2H3;2*1-2H3/b5-3+,10-8+;;. The summed E-state index contributed by atoms with van der Waals surface area (Å²) in [6.07, 6.45) is 12.0. The van der Waals surface area contributed by atoms with Gasteiger partial charge in [0.15, 0.2) is 0 Å². The molecule has 0 aliphatic rings. The predicted molar refractivity (Wildman–Crippen MR) is 74.2 cm³/mol. The molecule has 15 heavy (non-hydrogen) atoms. The quantitative estimate of drug-likeness (QED) is 0.488. The lowest BCUT2D eigenvalue weighted by molar-refractivity contribution is 0.804. The first-order valence-electron chi connectivity index (χ1n) is 6.41. The van der Waals surface area contributed by atoms with E-state index >= 15 is 0 Å². The minimum atomic E-state index is 1.08. The molecule has 0 aromatic rings. The highest BCUT2D eigenvalue weighted by atomic mass is 14.8. The van der Waals surface area contributed by atoms with Crippen molar-refractivity contribution in [3.8, 4) is 0 Å². The van der Waals surface area contributed by atoms with Crippen molar-refractivity contribution in [2.75, 3.05) is 6.54 Å². The molecule has 0 atom stereocenters. The van der Waals surface area contributed by atoms with Gasteiger partial charge >= 0.3 is 0 Å². The lowest BCUT2D eigenvalue weighted by Crippen LogP contribution is -2.04. The summed E-state index contributed by atoms with van der Waals surface area (Å²) in [5, 5.41) is 3.21.